The molecule has 0 radical (unpaired) electrons. The van der Waals surface area contributed by atoms with Crippen molar-refractivity contribution in [3.63, 3.8) is 0 Å². The number of carbonyl (C=O) groups excluding carboxylic acids is 1. The number of anilines is 1. The lowest BCUT2D eigenvalue weighted by Gasteiger charge is -2.37. The molecule has 1 fully saturated rings. The molecule has 2 aliphatic heterocycles. The molecule has 2 aromatic carbocycles. The Morgan fingerprint density at radius 1 is 1.19 bits per heavy atom. The molecule has 2 aliphatic rings. The predicted octanol–water partition coefficient (Wildman–Crippen LogP) is 4.30. The van der Waals surface area contributed by atoms with Crippen LogP contribution in [0.1, 0.15) is 62.0 Å². The number of carbonyl (C=O) groups is 1. The van der Waals surface area contributed by atoms with Gasteiger partial charge in [-0.25, -0.2) is 8.42 Å². The summed E-state index contributed by atoms with van der Waals surface area (Å²) in [5, 5.41) is 0. The van der Waals surface area contributed by atoms with Crippen LogP contribution in [-0.4, -0.2) is 27.0 Å². The van der Waals surface area contributed by atoms with Crippen LogP contribution in [0.25, 0.3) is 0 Å². The van der Waals surface area contributed by atoms with Gasteiger partial charge in [0.25, 0.3) is 10.0 Å². The van der Waals surface area contributed by atoms with E-state index in [1.165, 1.54) is 12.5 Å². The Bertz CT molecular complexity index is 1090. The average Bonchev–Trinajstić information content (AvgIpc) is 3.61. The predicted molar refractivity (Wildman–Crippen MR) is 118 cm³/mol. The van der Waals surface area contributed by atoms with Crippen LogP contribution in [0.5, 0.6) is 0 Å². The number of sulfonamides is 1. The molecule has 0 amide bonds. The number of epoxide rings is 1. The van der Waals surface area contributed by atoms with Crippen LogP contribution in [-0.2, 0) is 43.7 Å². The smallest absolute Gasteiger partial charge is 0.302 e. The van der Waals surface area contributed by atoms with E-state index < -0.39 is 16.0 Å². The second-order valence-corrected chi connectivity index (χ2v) is 10.00. The van der Waals surface area contributed by atoms with Crippen LogP contribution >= 0.6 is 0 Å². The van der Waals surface area contributed by atoms with Crippen LogP contribution in [0.3, 0.4) is 0 Å². The molecule has 4 rings (SSSR count). The van der Waals surface area contributed by atoms with Crippen LogP contribution in [0.15, 0.2) is 41.3 Å². The summed E-state index contributed by atoms with van der Waals surface area (Å²) in [6.45, 7) is 6.09. The van der Waals surface area contributed by atoms with Crippen molar-refractivity contribution in [3.05, 3.63) is 58.7 Å². The van der Waals surface area contributed by atoms with Crippen LogP contribution in [0, 0.1) is 0 Å². The molecule has 166 valence electrons. The van der Waals surface area contributed by atoms with Crippen molar-refractivity contribution in [2.45, 2.75) is 70.1 Å². The average molecular weight is 444 g/mol. The quantitative estimate of drug-likeness (QED) is 0.471. The summed E-state index contributed by atoms with van der Waals surface area (Å²) >= 11 is 0. The summed E-state index contributed by atoms with van der Waals surface area (Å²) in [6.07, 6.45) is 3.27. The highest BCUT2D eigenvalue weighted by atomic mass is 32.2. The van der Waals surface area contributed by atoms with Gasteiger partial charge in [0.1, 0.15) is 12.7 Å². The molecule has 31 heavy (non-hydrogen) atoms. The van der Waals surface area contributed by atoms with Crippen molar-refractivity contribution < 1.29 is 22.7 Å². The van der Waals surface area contributed by atoms with E-state index in [1.54, 1.807) is 22.5 Å². The fourth-order valence-electron chi connectivity index (χ4n) is 4.31. The minimum atomic E-state index is -3.79. The third kappa shape index (κ3) is 4.34. The van der Waals surface area contributed by atoms with Crippen molar-refractivity contribution in [2.24, 2.45) is 0 Å². The van der Waals surface area contributed by atoms with Gasteiger partial charge in [-0.15, -0.1) is 0 Å². The first-order valence-electron chi connectivity index (χ1n) is 10.9. The highest BCUT2D eigenvalue weighted by Crippen LogP contribution is 2.39. The van der Waals surface area contributed by atoms with Crippen LogP contribution in [0.2, 0.25) is 0 Å². The molecule has 2 heterocycles. The fraction of sp³-hybridized carbons (Fsp3) is 0.458. The van der Waals surface area contributed by atoms with Gasteiger partial charge in [0, 0.05) is 13.0 Å². The Morgan fingerprint density at radius 3 is 2.61 bits per heavy atom. The highest BCUT2D eigenvalue weighted by Gasteiger charge is 2.36. The zero-order valence-corrected chi connectivity index (χ0v) is 19.1. The largest absolute Gasteiger partial charge is 0.461 e. The molecule has 2 aromatic rings. The molecule has 0 bridgehead atoms. The van der Waals surface area contributed by atoms with Gasteiger partial charge in [-0.2, -0.15) is 0 Å². The molecule has 7 heteroatoms. The molecule has 1 saturated heterocycles. The van der Waals surface area contributed by atoms with Crippen LogP contribution < -0.4 is 4.31 Å². The third-order valence-electron chi connectivity index (χ3n) is 6.12. The van der Waals surface area contributed by atoms with E-state index in [-0.39, 0.29) is 23.6 Å². The zero-order chi connectivity index (χ0) is 22.2. The molecule has 0 saturated carbocycles. The summed E-state index contributed by atoms with van der Waals surface area (Å²) < 4.78 is 39.9. The molecular weight excluding hydrogens is 414 g/mol. The van der Waals surface area contributed by atoms with Gasteiger partial charge in [0.15, 0.2) is 0 Å². The number of hydrogen-bond acceptors (Lipinski definition) is 5. The summed E-state index contributed by atoms with van der Waals surface area (Å²) in [5.41, 5.74) is 4.61. The molecule has 2 unspecified atom stereocenters. The molecule has 2 atom stereocenters. The number of ether oxygens (including phenoxy) is 2. The van der Waals surface area contributed by atoms with Gasteiger partial charge in [-0.05, 0) is 66.1 Å². The molecule has 0 aromatic heterocycles. The van der Waals surface area contributed by atoms with Gasteiger partial charge in [-0.3, -0.25) is 9.10 Å². The number of aryl methyl sites for hydroxylation is 2. The zero-order valence-electron chi connectivity index (χ0n) is 18.3. The highest BCUT2D eigenvalue weighted by molar-refractivity contribution is 7.92. The molecule has 0 aliphatic carbocycles. The molecule has 0 N–H and O–H groups in total. The molecular formula is C24H29NO5S. The second-order valence-electron chi connectivity index (χ2n) is 8.18. The maximum Gasteiger partial charge on any atom is 0.302 e. The Balaban J connectivity index is 1.76. The maximum absolute atomic E-state index is 13.8. The van der Waals surface area contributed by atoms with Crippen LogP contribution in [0.4, 0.5) is 5.69 Å². The maximum atomic E-state index is 13.8. The van der Waals surface area contributed by atoms with E-state index in [2.05, 4.69) is 13.0 Å². The summed E-state index contributed by atoms with van der Waals surface area (Å²) in [6, 6.07) is 11.1. The fourth-order valence-corrected chi connectivity index (χ4v) is 6.15. The number of nitrogens with zero attached hydrogens (tertiary/aromatic N) is 1. The molecule has 6 nitrogen and oxygen atoms in total. The van der Waals surface area contributed by atoms with Crippen molar-refractivity contribution >= 4 is 21.7 Å². The van der Waals surface area contributed by atoms with E-state index in [0.29, 0.717) is 12.2 Å². The number of esters is 1. The van der Waals surface area contributed by atoms with Gasteiger partial charge < -0.3 is 9.47 Å². The van der Waals surface area contributed by atoms with E-state index in [0.717, 1.165) is 42.5 Å². The van der Waals surface area contributed by atoms with E-state index in [9.17, 15) is 13.2 Å². The Labute approximate surface area is 184 Å². The summed E-state index contributed by atoms with van der Waals surface area (Å²) in [7, 11) is -3.79. The minimum Gasteiger partial charge on any atom is -0.461 e. The first-order valence-corrected chi connectivity index (χ1v) is 12.3. The first-order chi connectivity index (χ1) is 14.8. The normalized spacial score (nSPS) is 20.3. The monoisotopic (exact) mass is 443 g/mol. The van der Waals surface area contributed by atoms with Crippen molar-refractivity contribution in [2.75, 3.05) is 10.9 Å². The van der Waals surface area contributed by atoms with Gasteiger partial charge in [-0.1, -0.05) is 32.0 Å². The number of fused-ring (bicyclic) bond motifs is 1. The third-order valence-corrected chi connectivity index (χ3v) is 7.98. The topological polar surface area (TPSA) is 76.2 Å². The summed E-state index contributed by atoms with van der Waals surface area (Å²) in [4.78, 5) is 11.5. The standard InChI is InChI=1S/C24H29NO5S/c1-4-17-6-11-23-18(12-17)7-8-20(5-2)25(23)31(27,28)21-9-10-22(24-15-30-24)19(13-21)14-29-16(3)26/h6,9-13,20,24H,4-5,7-8,14-15H2,1-3H3. The van der Waals surface area contributed by atoms with Crippen molar-refractivity contribution in [1.82, 2.24) is 0 Å². The lowest BCUT2D eigenvalue weighted by Crippen LogP contribution is -2.43. The van der Waals surface area contributed by atoms with Crippen molar-refractivity contribution in [1.29, 1.82) is 0 Å². The minimum absolute atomic E-state index is 0.0293. The van der Waals surface area contributed by atoms with E-state index in [4.69, 9.17) is 9.47 Å². The van der Waals surface area contributed by atoms with Gasteiger partial charge in [0.05, 0.1) is 17.2 Å². The Hall–Kier alpha value is -2.38. The van der Waals surface area contributed by atoms with Gasteiger partial charge in [0.2, 0.25) is 0 Å². The SMILES string of the molecule is CCc1ccc2c(c1)CCC(CC)N2S(=O)(=O)c1ccc(C2CO2)c(COC(C)=O)c1. The number of hydrogen-bond donors (Lipinski definition) is 0. The number of rotatable bonds is 7. The second kappa shape index (κ2) is 8.63. The Morgan fingerprint density at radius 2 is 1.97 bits per heavy atom. The first kappa shape index (κ1) is 21.8. The van der Waals surface area contributed by atoms with E-state index in [1.807, 2.05) is 19.1 Å². The molecule has 0 spiro atoms. The lowest BCUT2D eigenvalue weighted by molar-refractivity contribution is -0.142. The summed E-state index contributed by atoms with van der Waals surface area (Å²) in [5.74, 6) is -0.404. The van der Waals surface area contributed by atoms with Gasteiger partial charge >= 0.3 is 5.97 Å². The number of benzene rings is 2. The van der Waals surface area contributed by atoms with Crippen molar-refractivity contribution in [3.8, 4) is 0 Å². The Kier molecular flexibility index (Phi) is 6.08. The lowest BCUT2D eigenvalue weighted by atomic mass is 9.94. The van der Waals surface area contributed by atoms with E-state index >= 15 is 0 Å².